The SMILES string of the molecule is O=C(COC(=O)C1(c2ccccc2F)CCCC1)c1ccc(Cl)s1. The van der Waals surface area contributed by atoms with E-state index >= 15 is 0 Å². The van der Waals surface area contributed by atoms with Crippen molar-refractivity contribution in [1.82, 2.24) is 0 Å². The third-order valence-electron chi connectivity index (χ3n) is 4.42. The fraction of sp³-hybridized carbons (Fsp3) is 0.333. The summed E-state index contributed by atoms with van der Waals surface area (Å²) in [4.78, 5) is 25.2. The third-order valence-corrected chi connectivity index (χ3v) is 5.69. The molecule has 6 heteroatoms. The van der Waals surface area contributed by atoms with Gasteiger partial charge in [-0.25, -0.2) is 4.39 Å². The van der Waals surface area contributed by atoms with Crippen LogP contribution >= 0.6 is 22.9 Å². The lowest BCUT2D eigenvalue weighted by molar-refractivity contribution is -0.149. The lowest BCUT2D eigenvalue weighted by atomic mass is 9.78. The van der Waals surface area contributed by atoms with Crippen LogP contribution in [-0.4, -0.2) is 18.4 Å². The molecule has 1 heterocycles. The van der Waals surface area contributed by atoms with E-state index in [0.29, 0.717) is 27.6 Å². The number of rotatable bonds is 5. The Balaban J connectivity index is 1.76. The lowest BCUT2D eigenvalue weighted by Gasteiger charge is -2.27. The van der Waals surface area contributed by atoms with Gasteiger partial charge in [-0.1, -0.05) is 42.6 Å². The van der Waals surface area contributed by atoms with Gasteiger partial charge < -0.3 is 4.74 Å². The number of Topliss-reactive ketones (excluding diaryl/α,β-unsaturated/α-hetero) is 1. The monoisotopic (exact) mass is 366 g/mol. The molecule has 1 aliphatic rings. The fourth-order valence-electron chi connectivity index (χ4n) is 3.22. The van der Waals surface area contributed by atoms with Crippen LogP contribution in [0.3, 0.4) is 0 Å². The van der Waals surface area contributed by atoms with Gasteiger partial charge in [-0.3, -0.25) is 9.59 Å². The van der Waals surface area contributed by atoms with E-state index in [0.717, 1.165) is 24.2 Å². The first-order valence-corrected chi connectivity index (χ1v) is 8.93. The van der Waals surface area contributed by atoms with Crippen molar-refractivity contribution in [3.8, 4) is 0 Å². The summed E-state index contributed by atoms with van der Waals surface area (Å²) in [6.45, 7) is -0.355. The molecule has 1 aliphatic carbocycles. The van der Waals surface area contributed by atoms with E-state index < -0.39 is 17.2 Å². The molecule has 1 fully saturated rings. The van der Waals surface area contributed by atoms with Gasteiger partial charge in [0.2, 0.25) is 5.78 Å². The molecule has 0 amide bonds. The van der Waals surface area contributed by atoms with Crippen LogP contribution in [-0.2, 0) is 14.9 Å². The van der Waals surface area contributed by atoms with Crippen molar-refractivity contribution in [2.75, 3.05) is 6.61 Å². The minimum absolute atomic E-state index is 0.304. The van der Waals surface area contributed by atoms with Crippen LogP contribution < -0.4 is 0 Å². The van der Waals surface area contributed by atoms with Gasteiger partial charge in [-0.05, 0) is 31.0 Å². The van der Waals surface area contributed by atoms with Crippen LogP contribution in [0.5, 0.6) is 0 Å². The van der Waals surface area contributed by atoms with Crippen molar-refractivity contribution >= 4 is 34.7 Å². The van der Waals surface area contributed by atoms with Gasteiger partial charge in [-0.2, -0.15) is 0 Å². The number of halogens is 2. The maximum Gasteiger partial charge on any atom is 0.317 e. The van der Waals surface area contributed by atoms with E-state index in [1.807, 2.05) is 0 Å². The number of thiophene rings is 1. The van der Waals surface area contributed by atoms with E-state index in [4.69, 9.17) is 16.3 Å². The highest BCUT2D eigenvalue weighted by molar-refractivity contribution is 7.18. The van der Waals surface area contributed by atoms with Crippen molar-refractivity contribution in [3.63, 3.8) is 0 Å². The molecule has 0 N–H and O–H groups in total. The molecule has 2 aromatic rings. The van der Waals surface area contributed by atoms with Crippen LogP contribution in [0.15, 0.2) is 36.4 Å². The smallest absolute Gasteiger partial charge is 0.317 e. The second-order valence-corrected chi connectivity index (χ2v) is 7.59. The average molecular weight is 367 g/mol. The van der Waals surface area contributed by atoms with Crippen LogP contribution in [0, 0.1) is 5.82 Å². The Labute approximate surface area is 148 Å². The number of hydrogen-bond donors (Lipinski definition) is 0. The summed E-state index contributed by atoms with van der Waals surface area (Å²) in [5.74, 6) is -1.24. The first-order valence-electron chi connectivity index (χ1n) is 7.74. The van der Waals surface area contributed by atoms with Gasteiger partial charge in [-0.15, -0.1) is 11.3 Å². The zero-order valence-electron chi connectivity index (χ0n) is 12.9. The zero-order valence-corrected chi connectivity index (χ0v) is 14.5. The van der Waals surface area contributed by atoms with E-state index in [9.17, 15) is 14.0 Å². The number of ketones is 1. The lowest BCUT2D eigenvalue weighted by Crippen LogP contribution is -2.36. The van der Waals surface area contributed by atoms with Crippen LogP contribution in [0.2, 0.25) is 4.34 Å². The molecule has 1 saturated carbocycles. The molecule has 3 nitrogen and oxygen atoms in total. The summed E-state index contributed by atoms with van der Waals surface area (Å²) in [5, 5.41) is 0. The highest BCUT2D eigenvalue weighted by atomic mass is 35.5. The topological polar surface area (TPSA) is 43.4 Å². The summed E-state index contributed by atoms with van der Waals surface area (Å²) in [6.07, 6.45) is 2.73. The highest BCUT2D eigenvalue weighted by Crippen LogP contribution is 2.43. The predicted molar refractivity (Wildman–Crippen MR) is 91.2 cm³/mol. The van der Waals surface area contributed by atoms with Gasteiger partial charge in [0.15, 0.2) is 6.61 Å². The first kappa shape index (κ1) is 17.1. The number of benzene rings is 1. The maximum absolute atomic E-state index is 14.2. The Morgan fingerprint density at radius 2 is 1.88 bits per heavy atom. The van der Waals surface area contributed by atoms with E-state index in [-0.39, 0.29) is 12.4 Å². The molecule has 0 spiro atoms. The molecule has 0 aliphatic heterocycles. The fourth-order valence-corrected chi connectivity index (χ4v) is 4.18. The molecule has 0 unspecified atom stereocenters. The number of carbonyl (C=O) groups is 2. The van der Waals surface area contributed by atoms with E-state index in [1.165, 1.54) is 6.07 Å². The molecule has 0 bridgehead atoms. The molecule has 126 valence electrons. The summed E-state index contributed by atoms with van der Waals surface area (Å²) in [6, 6.07) is 9.51. The highest BCUT2D eigenvalue weighted by Gasteiger charge is 2.45. The quantitative estimate of drug-likeness (QED) is 0.565. The van der Waals surface area contributed by atoms with Gasteiger partial charge in [0, 0.05) is 5.56 Å². The zero-order chi connectivity index (χ0) is 17.2. The predicted octanol–water partition coefficient (Wildman–Crippen LogP) is 4.78. The largest absolute Gasteiger partial charge is 0.457 e. The van der Waals surface area contributed by atoms with E-state index in [1.54, 1.807) is 30.3 Å². The van der Waals surface area contributed by atoms with Crippen LogP contribution in [0.4, 0.5) is 4.39 Å². The Hall–Kier alpha value is -1.72. The summed E-state index contributed by atoms with van der Waals surface area (Å²) >= 11 is 6.95. The third kappa shape index (κ3) is 3.23. The summed E-state index contributed by atoms with van der Waals surface area (Å²) in [7, 11) is 0. The standard InChI is InChI=1S/C18H16ClFO3S/c19-16-8-7-15(24-16)14(21)11-23-17(22)18(9-3-4-10-18)12-5-1-2-6-13(12)20/h1-2,5-8H,3-4,9-11H2. The molecule has 0 saturated heterocycles. The van der Waals surface area contributed by atoms with Gasteiger partial charge in [0.1, 0.15) is 5.82 Å². The van der Waals surface area contributed by atoms with Crippen LogP contribution in [0.1, 0.15) is 40.9 Å². The number of carbonyl (C=O) groups excluding carboxylic acids is 2. The Bertz CT molecular complexity index is 765. The van der Waals surface area contributed by atoms with Crippen molar-refractivity contribution in [2.45, 2.75) is 31.1 Å². The molecule has 3 rings (SSSR count). The van der Waals surface area contributed by atoms with Crippen molar-refractivity contribution in [2.24, 2.45) is 0 Å². The summed E-state index contributed by atoms with van der Waals surface area (Å²) < 4.78 is 20.0. The second kappa shape index (κ2) is 7.03. The Morgan fingerprint density at radius 3 is 2.50 bits per heavy atom. The first-order chi connectivity index (χ1) is 11.5. The Kier molecular flexibility index (Phi) is 5.01. The number of esters is 1. The Morgan fingerprint density at radius 1 is 1.17 bits per heavy atom. The molecule has 24 heavy (non-hydrogen) atoms. The molecule has 1 aromatic carbocycles. The maximum atomic E-state index is 14.2. The average Bonchev–Trinajstić information content (AvgIpc) is 3.22. The van der Waals surface area contributed by atoms with Crippen LogP contribution in [0.25, 0.3) is 0 Å². The minimum atomic E-state index is -0.987. The van der Waals surface area contributed by atoms with Gasteiger partial charge in [0.05, 0.1) is 14.6 Å². The minimum Gasteiger partial charge on any atom is -0.457 e. The van der Waals surface area contributed by atoms with E-state index in [2.05, 4.69) is 0 Å². The normalized spacial score (nSPS) is 16.1. The van der Waals surface area contributed by atoms with Crippen molar-refractivity contribution < 1.29 is 18.7 Å². The van der Waals surface area contributed by atoms with Gasteiger partial charge >= 0.3 is 5.97 Å². The molecule has 1 aromatic heterocycles. The second-order valence-electron chi connectivity index (χ2n) is 5.87. The molecular formula is C18H16ClFO3S. The molecule has 0 atom stereocenters. The number of hydrogen-bond acceptors (Lipinski definition) is 4. The molecule has 0 radical (unpaired) electrons. The van der Waals surface area contributed by atoms with Crippen molar-refractivity contribution in [3.05, 3.63) is 57.0 Å². The summed E-state index contributed by atoms with van der Waals surface area (Å²) in [5.41, 5.74) is -0.627. The molecular weight excluding hydrogens is 351 g/mol. The van der Waals surface area contributed by atoms with Crippen molar-refractivity contribution in [1.29, 1.82) is 0 Å². The van der Waals surface area contributed by atoms with Gasteiger partial charge in [0.25, 0.3) is 0 Å². The number of ether oxygens (including phenoxy) is 1.